The second kappa shape index (κ2) is 6.77. The predicted molar refractivity (Wildman–Crippen MR) is 64.3 cm³/mol. The molecule has 7 nitrogen and oxygen atoms in total. The minimum atomic E-state index is -0.545. The van der Waals surface area contributed by atoms with E-state index < -0.39 is 10.8 Å². The van der Waals surface area contributed by atoms with E-state index in [2.05, 4.69) is 10.3 Å². The molecule has 94 valence electrons. The van der Waals surface area contributed by atoms with Crippen LogP contribution in [-0.4, -0.2) is 28.9 Å². The van der Waals surface area contributed by atoms with E-state index in [9.17, 15) is 14.9 Å². The average molecular weight is 261 g/mol. The number of amides is 1. The van der Waals surface area contributed by atoms with Gasteiger partial charge in [-0.25, -0.2) is 0 Å². The van der Waals surface area contributed by atoms with Gasteiger partial charge in [-0.05, 0) is 6.92 Å². The van der Waals surface area contributed by atoms with E-state index in [1.807, 2.05) is 0 Å². The Morgan fingerprint density at radius 1 is 1.65 bits per heavy atom. The molecule has 1 heterocycles. The first-order valence-electron chi connectivity index (χ1n) is 4.66. The Labute approximate surface area is 104 Å². The Morgan fingerprint density at radius 3 is 2.82 bits per heavy atom. The molecule has 0 bridgehead atoms. The fraction of sp³-hybridized carbons (Fsp3) is 0.333. The molecule has 0 aliphatic carbocycles. The Morgan fingerprint density at radius 2 is 2.29 bits per heavy atom. The SMILES string of the molecule is Cc1c([N+](=O)[O-])ccnc1C(=O)NCCN.Cl. The van der Waals surface area contributed by atoms with Gasteiger partial charge in [0.1, 0.15) is 5.69 Å². The number of nitrogens with zero attached hydrogens (tertiary/aromatic N) is 2. The topological polar surface area (TPSA) is 111 Å². The number of halogens is 1. The van der Waals surface area contributed by atoms with Gasteiger partial charge >= 0.3 is 0 Å². The molecule has 0 aliphatic rings. The third-order valence-electron chi connectivity index (χ3n) is 2.02. The molecule has 0 unspecified atom stereocenters. The second-order valence-corrected chi connectivity index (χ2v) is 3.11. The molecule has 0 atom stereocenters. The minimum Gasteiger partial charge on any atom is -0.349 e. The third-order valence-corrected chi connectivity index (χ3v) is 2.02. The van der Waals surface area contributed by atoms with Crippen LogP contribution in [0.5, 0.6) is 0 Å². The highest BCUT2D eigenvalue weighted by Crippen LogP contribution is 2.18. The fourth-order valence-corrected chi connectivity index (χ4v) is 1.22. The second-order valence-electron chi connectivity index (χ2n) is 3.11. The molecule has 0 saturated heterocycles. The zero-order chi connectivity index (χ0) is 12.1. The van der Waals surface area contributed by atoms with Crippen LogP contribution in [0.2, 0.25) is 0 Å². The Kier molecular flexibility index (Phi) is 6.08. The molecule has 3 N–H and O–H groups in total. The summed E-state index contributed by atoms with van der Waals surface area (Å²) < 4.78 is 0. The van der Waals surface area contributed by atoms with Crippen LogP contribution < -0.4 is 11.1 Å². The van der Waals surface area contributed by atoms with Crippen molar-refractivity contribution in [3.8, 4) is 0 Å². The first-order chi connectivity index (χ1) is 7.57. The minimum absolute atomic E-state index is 0. The molecule has 0 saturated carbocycles. The molecule has 1 aromatic heterocycles. The van der Waals surface area contributed by atoms with E-state index in [1.54, 1.807) is 0 Å². The molecular weight excluding hydrogens is 248 g/mol. The number of nitro groups is 1. The van der Waals surface area contributed by atoms with E-state index in [0.717, 1.165) is 0 Å². The molecule has 0 fully saturated rings. The van der Waals surface area contributed by atoms with E-state index in [0.29, 0.717) is 13.1 Å². The molecule has 1 amide bonds. The molecule has 8 heteroatoms. The van der Waals surface area contributed by atoms with E-state index >= 15 is 0 Å². The highest BCUT2D eigenvalue weighted by Gasteiger charge is 2.18. The van der Waals surface area contributed by atoms with Gasteiger partial charge in [0.2, 0.25) is 0 Å². The van der Waals surface area contributed by atoms with Crippen molar-refractivity contribution in [1.29, 1.82) is 0 Å². The van der Waals surface area contributed by atoms with Gasteiger partial charge in [0, 0.05) is 25.4 Å². The summed E-state index contributed by atoms with van der Waals surface area (Å²) in [6.07, 6.45) is 1.24. The smallest absolute Gasteiger partial charge is 0.276 e. The van der Waals surface area contributed by atoms with Crippen LogP contribution in [0.3, 0.4) is 0 Å². The van der Waals surface area contributed by atoms with Crippen LogP contribution in [0.1, 0.15) is 16.1 Å². The first-order valence-corrected chi connectivity index (χ1v) is 4.66. The molecular formula is C9H13ClN4O3. The molecule has 0 aromatic carbocycles. The molecule has 1 aromatic rings. The Bertz CT molecular complexity index is 425. The standard InChI is InChI=1S/C9H12N4O3.ClH/c1-6-7(13(15)16)2-4-11-8(6)9(14)12-5-3-10;/h2,4H,3,5,10H2,1H3,(H,12,14);1H. The summed E-state index contributed by atoms with van der Waals surface area (Å²) in [5, 5.41) is 13.1. The lowest BCUT2D eigenvalue weighted by Crippen LogP contribution is -2.30. The maximum Gasteiger partial charge on any atom is 0.276 e. The number of hydrogen-bond donors (Lipinski definition) is 2. The van der Waals surface area contributed by atoms with Crippen LogP contribution in [-0.2, 0) is 0 Å². The van der Waals surface area contributed by atoms with Crippen LogP contribution in [0, 0.1) is 17.0 Å². The Hall–Kier alpha value is -1.73. The largest absolute Gasteiger partial charge is 0.349 e. The monoisotopic (exact) mass is 260 g/mol. The van der Waals surface area contributed by atoms with Crippen molar-refractivity contribution in [2.45, 2.75) is 6.92 Å². The molecule has 1 rings (SSSR count). The van der Waals surface area contributed by atoms with Gasteiger partial charge < -0.3 is 11.1 Å². The molecule has 0 radical (unpaired) electrons. The lowest BCUT2D eigenvalue weighted by atomic mass is 10.1. The number of hydrogen-bond acceptors (Lipinski definition) is 5. The van der Waals surface area contributed by atoms with E-state index in [1.165, 1.54) is 19.2 Å². The number of aromatic nitrogens is 1. The van der Waals surface area contributed by atoms with Crippen molar-refractivity contribution in [3.63, 3.8) is 0 Å². The van der Waals surface area contributed by atoms with Gasteiger partial charge in [0.15, 0.2) is 0 Å². The van der Waals surface area contributed by atoms with Gasteiger partial charge in [0.25, 0.3) is 11.6 Å². The number of nitrogens with two attached hydrogens (primary N) is 1. The zero-order valence-corrected chi connectivity index (χ0v) is 9.99. The lowest BCUT2D eigenvalue weighted by molar-refractivity contribution is -0.385. The zero-order valence-electron chi connectivity index (χ0n) is 9.17. The first kappa shape index (κ1) is 15.3. The summed E-state index contributed by atoms with van der Waals surface area (Å²) in [7, 11) is 0. The van der Waals surface area contributed by atoms with E-state index in [-0.39, 0.29) is 29.4 Å². The van der Waals surface area contributed by atoms with Crippen molar-refractivity contribution in [3.05, 3.63) is 33.6 Å². The van der Waals surface area contributed by atoms with Crippen LogP contribution >= 0.6 is 12.4 Å². The van der Waals surface area contributed by atoms with Crippen molar-refractivity contribution in [2.24, 2.45) is 5.73 Å². The summed E-state index contributed by atoms with van der Waals surface area (Å²) in [5.74, 6) is -0.452. The summed E-state index contributed by atoms with van der Waals surface area (Å²) >= 11 is 0. The van der Waals surface area contributed by atoms with Gasteiger partial charge in [-0.2, -0.15) is 0 Å². The number of carbonyl (C=O) groups excluding carboxylic acids is 1. The van der Waals surface area contributed by atoms with Gasteiger partial charge in [-0.15, -0.1) is 12.4 Å². The van der Waals surface area contributed by atoms with Crippen molar-refractivity contribution < 1.29 is 9.72 Å². The van der Waals surface area contributed by atoms with Gasteiger partial charge in [-0.3, -0.25) is 19.9 Å². The van der Waals surface area contributed by atoms with Gasteiger partial charge in [-0.1, -0.05) is 0 Å². The summed E-state index contributed by atoms with van der Waals surface area (Å²) in [5.41, 5.74) is 5.42. The number of rotatable bonds is 4. The maximum absolute atomic E-state index is 11.5. The van der Waals surface area contributed by atoms with Gasteiger partial charge in [0.05, 0.1) is 10.5 Å². The van der Waals surface area contributed by atoms with Crippen molar-refractivity contribution >= 4 is 24.0 Å². The maximum atomic E-state index is 11.5. The van der Waals surface area contributed by atoms with Crippen molar-refractivity contribution in [2.75, 3.05) is 13.1 Å². The van der Waals surface area contributed by atoms with E-state index in [4.69, 9.17) is 5.73 Å². The highest BCUT2D eigenvalue weighted by atomic mass is 35.5. The van der Waals surface area contributed by atoms with Crippen LogP contribution in [0.4, 0.5) is 5.69 Å². The average Bonchev–Trinajstić information content (AvgIpc) is 2.25. The highest BCUT2D eigenvalue weighted by molar-refractivity contribution is 5.94. The number of pyridine rings is 1. The molecule has 0 aliphatic heterocycles. The van der Waals surface area contributed by atoms with Crippen LogP contribution in [0.25, 0.3) is 0 Å². The lowest BCUT2D eigenvalue weighted by Gasteiger charge is -2.05. The fourth-order valence-electron chi connectivity index (χ4n) is 1.22. The van der Waals surface area contributed by atoms with Crippen molar-refractivity contribution in [1.82, 2.24) is 10.3 Å². The van der Waals surface area contributed by atoms with Crippen LogP contribution in [0.15, 0.2) is 12.3 Å². The number of nitrogens with one attached hydrogen (secondary N) is 1. The molecule has 17 heavy (non-hydrogen) atoms. The summed E-state index contributed by atoms with van der Waals surface area (Å²) in [4.78, 5) is 25.5. The molecule has 0 spiro atoms. The normalized spacial score (nSPS) is 9.29. The predicted octanol–water partition coefficient (Wildman–Crippen LogP) is 0.409. The quantitative estimate of drug-likeness (QED) is 0.601. The summed E-state index contributed by atoms with van der Waals surface area (Å²) in [6.45, 7) is 2.10. The third kappa shape index (κ3) is 3.65. The summed E-state index contributed by atoms with van der Waals surface area (Å²) in [6, 6.07) is 1.26. The number of carbonyl (C=O) groups is 1. The Balaban J connectivity index is 0.00000256.